The van der Waals surface area contributed by atoms with Gasteiger partial charge in [-0.25, -0.2) is 4.79 Å². The highest BCUT2D eigenvalue weighted by Crippen LogP contribution is 2.38. The lowest BCUT2D eigenvalue weighted by Crippen LogP contribution is -2.51. The zero-order valence-corrected chi connectivity index (χ0v) is 13.2. The monoisotopic (exact) mass is 301 g/mol. The van der Waals surface area contributed by atoms with Crippen LogP contribution in [0.2, 0.25) is 0 Å². The van der Waals surface area contributed by atoms with Crippen molar-refractivity contribution in [1.82, 2.24) is 4.90 Å². The highest BCUT2D eigenvalue weighted by Gasteiger charge is 2.42. The van der Waals surface area contributed by atoms with E-state index in [2.05, 4.69) is 0 Å². The number of hydrogen-bond donors (Lipinski definition) is 0. The van der Waals surface area contributed by atoms with Crippen molar-refractivity contribution >= 4 is 12.4 Å². The second-order valence-electron chi connectivity index (χ2n) is 5.70. The molecule has 1 aliphatic rings. The fraction of sp³-hybridized carbons (Fsp3) is 0.444. The minimum Gasteiger partial charge on any atom is -0.453 e. The van der Waals surface area contributed by atoms with E-state index in [0.717, 1.165) is 24.7 Å². The van der Waals surface area contributed by atoms with Crippen molar-refractivity contribution in [3.8, 4) is 0 Å². The summed E-state index contributed by atoms with van der Waals surface area (Å²) in [7, 11) is 1.38. The Kier molecular flexibility index (Phi) is 5.36. The molecule has 0 radical (unpaired) electrons. The zero-order valence-electron chi connectivity index (χ0n) is 13.2. The lowest BCUT2D eigenvalue weighted by molar-refractivity contribution is -0.119. The van der Waals surface area contributed by atoms with Gasteiger partial charge in [-0.1, -0.05) is 49.4 Å². The van der Waals surface area contributed by atoms with Crippen molar-refractivity contribution in [3.63, 3.8) is 0 Å². The molecule has 0 N–H and O–H groups in total. The molecule has 1 amide bonds. The molecule has 0 saturated heterocycles. The Bertz CT molecular complexity index is 541. The van der Waals surface area contributed by atoms with E-state index in [4.69, 9.17) is 4.74 Å². The maximum atomic E-state index is 12.3. The molecule has 118 valence electrons. The summed E-state index contributed by atoms with van der Waals surface area (Å²) < 4.78 is 4.96. The van der Waals surface area contributed by atoms with Gasteiger partial charge in [0.15, 0.2) is 0 Å². The summed E-state index contributed by atoms with van der Waals surface area (Å²) in [5, 5.41) is 0. The first-order valence-electron chi connectivity index (χ1n) is 7.68. The van der Waals surface area contributed by atoms with Gasteiger partial charge in [0.25, 0.3) is 0 Å². The van der Waals surface area contributed by atoms with E-state index in [-0.39, 0.29) is 6.04 Å². The van der Waals surface area contributed by atoms with Crippen LogP contribution < -0.4 is 0 Å². The quantitative estimate of drug-likeness (QED) is 0.617. The second-order valence-corrected chi connectivity index (χ2v) is 5.70. The molecule has 22 heavy (non-hydrogen) atoms. The van der Waals surface area contributed by atoms with Crippen molar-refractivity contribution in [2.24, 2.45) is 5.41 Å². The first-order chi connectivity index (χ1) is 10.7. The summed E-state index contributed by atoms with van der Waals surface area (Å²) in [6.07, 6.45) is 6.96. The molecule has 0 aliphatic heterocycles. The molecule has 1 aromatic rings. The summed E-state index contributed by atoms with van der Waals surface area (Å²) in [6.45, 7) is 2.43. The molecular formula is C18H23NO3. The van der Waals surface area contributed by atoms with Gasteiger partial charge >= 0.3 is 6.09 Å². The molecule has 0 saturated carbocycles. The molecule has 2 rings (SSSR count). The first kappa shape index (κ1) is 16.3. The Balaban J connectivity index is 2.35. The number of carbonyl (C=O) groups is 2. The number of allylic oxidation sites excluding steroid dienone is 1. The molecule has 4 nitrogen and oxygen atoms in total. The van der Waals surface area contributed by atoms with E-state index in [1.807, 2.05) is 49.4 Å². The van der Waals surface area contributed by atoms with Crippen molar-refractivity contribution in [1.29, 1.82) is 0 Å². The number of benzene rings is 1. The van der Waals surface area contributed by atoms with Crippen LogP contribution >= 0.6 is 0 Å². The molecule has 0 fully saturated rings. The van der Waals surface area contributed by atoms with Crippen LogP contribution in [0.25, 0.3) is 0 Å². The van der Waals surface area contributed by atoms with Crippen LogP contribution in [0.1, 0.15) is 31.7 Å². The van der Waals surface area contributed by atoms with Gasteiger partial charge in [-0.2, -0.15) is 0 Å². The number of hydrogen-bond acceptors (Lipinski definition) is 3. The van der Waals surface area contributed by atoms with E-state index >= 15 is 0 Å². The van der Waals surface area contributed by atoms with Crippen LogP contribution in [-0.4, -0.2) is 30.4 Å². The molecule has 0 spiro atoms. The fourth-order valence-corrected chi connectivity index (χ4v) is 3.10. The van der Waals surface area contributed by atoms with Crippen molar-refractivity contribution in [2.45, 2.75) is 38.8 Å². The van der Waals surface area contributed by atoms with Gasteiger partial charge in [0.2, 0.25) is 0 Å². The third-order valence-electron chi connectivity index (χ3n) is 4.52. The summed E-state index contributed by atoms with van der Waals surface area (Å²) in [5.41, 5.74) is 0.486. The number of carbonyl (C=O) groups excluding carboxylic acids is 2. The lowest BCUT2D eigenvalue weighted by Gasteiger charge is -2.42. The van der Waals surface area contributed by atoms with Gasteiger partial charge in [-0.15, -0.1) is 0 Å². The molecule has 0 heterocycles. The maximum Gasteiger partial charge on any atom is 0.410 e. The Hall–Kier alpha value is -2.10. The summed E-state index contributed by atoms with van der Waals surface area (Å²) >= 11 is 0. The number of ether oxygens (including phenoxy) is 1. The van der Waals surface area contributed by atoms with E-state index in [1.54, 1.807) is 4.90 Å². The molecule has 0 aromatic heterocycles. The van der Waals surface area contributed by atoms with Crippen molar-refractivity contribution < 1.29 is 14.3 Å². The van der Waals surface area contributed by atoms with Crippen molar-refractivity contribution in [3.05, 3.63) is 48.0 Å². The lowest BCUT2D eigenvalue weighted by atomic mass is 9.72. The Labute approximate surface area is 131 Å². The molecule has 0 bridgehead atoms. The molecule has 1 aliphatic carbocycles. The Morgan fingerprint density at radius 2 is 2.14 bits per heavy atom. The van der Waals surface area contributed by atoms with Crippen LogP contribution in [-0.2, 0) is 16.1 Å². The maximum absolute atomic E-state index is 12.3. The predicted octanol–water partition coefficient (Wildman–Crippen LogP) is 3.57. The van der Waals surface area contributed by atoms with Crippen molar-refractivity contribution in [2.75, 3.05) is 7.11 Å². The van der Waals surface area contributed by atoms with Gasteiger partial charge in [0, 0.05) is 6.54 Å². The Morgan fingerprint density at radius 1 is 1.41 bits per heavy atom. The molecule has 2 atom stereocenters. The van der Waals surface area contributed by atoms with Gasteiger partial charge in [0.1, 0.15) is 6.29 Å². The molecule has 1 aromatic carbocycles. The molecular weight excluding hydrogens is 278 g/mol. The fourth-order valence-electron chi connectivity index (χ4n) is 3.10. The highest BCUT2D eigenvalue weighted by molar-refractivity contribution is 5.71. The number of rotatable bonds is 5. The van der Waals surface area contributed by atoms with Crippen LogP contribution in [0, 0.1) is 5.41 Å². The van der Waals surface area contributed by atoms with Gasteiger partial charge in [0.05, 0.1) is 18.6 Å². The minimum atomic E-state index is -0.530. The Morgan fingerprint density at radius 3 is 2.73 bits per heavy atom. The minimum absolute atomic E-state index is 0.267. The van der Waals surface area contributed by atoms with Crippen LogP contribution in [0.5, 0.6) is 0 Å². The number of aldehydes is 1. The summed E-state index contributed by atoms with van der Waals surface area (Å²) in [6, 6.07) is 9.49. The highest BCUT2D eigenvalue weighted by atomic mass is 16.5. The summed E-state index contributed by atoms with van der Waals surface area (Å²) in [4.78, 5) is 25.7. The number of methoxy groups -OCH3 is 1. The smallest absolute Gasteiger partial charge is 0.410 e. The van der Waals surface area contributed by atoms with Gasteiger partial charge < -0.3 is 9.53 Å². The average Bonchev–Trinajstić information content (AvgIpc) is 2.60. The van der Waals surface area contributed by atoms with E-state index in [0.29, 0.717) is 13.0 Å². The number of amides is 1. The van der Waals surface area contributed by atoms with Gasteiger partial charge in [-0.3, -0.25) is 4.90 Å². The average molecular weight is 301 g/mol. The first-order valence-corrected chi connectivity index (χ1v) is 7.68. The van der Waals surface area contributed by atoms with Crippen LogP contribution in [0.3, 0.4) is 0 Å². The van der Waals surface area contributed by atoms with Gasteiger partial charge in [-0.05, 0) is 24.8 Å². The summed E-state index contributed by atoms with van der Waals surface area (Å²) in [5.74, 6) is 0. The third-order valence-corrected chi connectivity index (χ3v) is 4.52. The van der Waals surface area contributed by atoms with E-state index in [9.17, 15) is 9.59 Å². The molecule has 0 unspecified atom stereocenters. The standard InChI is InChI=1S/C18H23NO3/c1-3-18(14-20)12-8-7-11-16(18)19(17(21)22-2)13-15-9-5-4-6-10-15/h4-7,9-11,14,16H,3,8,12-13H2,1-2H3/t16-,18-/m0/s1. The number of nitrogens with zero attached hydrogens (tertiary/aromatic N) is 1. The van der Waals surface area contributed by atoms with Crippen LogP contribution in [0.4, 0.5) is 4.79 Å². The second kappa shape index (κ2) is 7.25. The van der Waals surface area contributed by atoms with E-state index < -0.39 is 11.5 Å². The van der Waals surface area contributed by atoms with Crippen LogP contribution in [0.15, 0.2) is 42.5 Å². The topological polar surface area (TPSA) is 46.6 Å². The SMILES string of the molecule is CC[C@@]1(C=O)CCC=C[C@@H]1N(Cc1ccccc1)C(=O)OC. The zero-order chi connectivity index (χ0) is 16.0. The third kappa shape index (κ3) is 3.21. The molecule has 4 heteroatoms. The normalized spacial score (nSPS) is 23.8. The largest absolute Gasteiger partial charge is 0.453 e. The predicted molar refractivity (Wildman–Crippen MR) is 85.3 cm³/mol. The van der Waals surface area contributed by atoms with E-state index in [1.165, 1.54) is 7.11 Å².